The summed E-state index contributed by atoms with van der Waals surface area (Å²) in [6.07, 6.45) is 0. The predicted molar refractivity (Wildman–Crippen MR) is 430 cm³/mol. The average molecular weight is 1530 g/mol. The van der Waals surface area contributed by atoms with E-state index in [1.54, 1.807) is 196 Å². The predicted octanol–water partition coefficient (Wildman–Crippen LogP) is 17.2. The molecule has 0 bridgehead atoms. The lowest BCUT2D eigenvalue weighted by molar-refractivity contribution is -0.141. The maximum atomic E-state index is 12.5. The van der Waals surface area contributed by atoms with Crippen molar-refractivity contribution in [3.8, 4) is 6.07 Å². The first kappa shape index (κ1) is 84.5. The van der Waals surface area contributed by atoms with Crippen molar-refractivity contribution in [2.75, 3.05) is 11.8 Å². The number of carbonyl (C=O) groups is 7. The zero-order chi connectivity index (χ0) is 79.9. The molecule has 560 valence electrons. The van der Waals surface area contributed by atoms with Gasteiger partial charge in [0.1, 0.15) is 46.4 Å². The van der Waals surface area contributed by atoms with Crippen molar-refractivity contribution in [2.45, 2.75) is 20.8 Å². The minimum atomic E-state index is -0.731. The molecule has 11 aromatic rings. The molecule has 0 radical (unpaired) electrons. The van der Waals surface area contributed by atoms with Gasteiger partial charge in [0.2, 0.25) is 0 Å². The molecule has 0 aromatic heterocycles. The molecule has 0 aliphatic rings. The Balaban J connectivity index is 0.000000202. The number of carbonyl (C=O) groups excluding carboxylic acids is 7. The van der Waals surface area contributed by atoms with E-state index in [1.165, 1.54) is 6.92 Å². The van der Waals surface area contributed by atoms with E-state index in [4.69, 9.17) is 52.7 Å². The Kier molecular flexibility index (Phi) is 36.0. The molecule has 0 saturated heterocycles. The molecule has 11 rings (SSSR count). The number of alkyl halides is 2. The number of nitrogens with zero attached hydrogens (tertiary/aromatic N) is 8. The van der Waals surface area contributed by atoms with E-state index in [9.17, 15) is 33.6 Å². The summed E-state index contributed by atoms with van der Waals surface area (Å²) < 4.78 is 0. The van der Waals surface area contributed by atoms with Crippen molar-refractivity contribution in [3.63, 3.8) is 0 Å². The van der Waals surface area contributed by atoms with Gasteiger partial charge in [0, 0.05) is 51.4 Å². The van der Waals surface area contributed by atoms with Crippen LogP contribution in [0.2, 0.25) is 0 Å². The first-order chi connectivity index (χ1) is 54.6. The van der Waals surface area contributed by atoms with Crippen LogP contribution in [0.5, 0.6) is 0 Å². The van der Waals surface area contributed by atoms with Crippen molar-refractivity contribution < 1.29 is 67.4 Å². The van der Waals surface area contributed by atoms with E-state index >= 15 is 0 Å². The van der Waals surface area contributed by atoms with E-state index in [1.807, 2.05) is 158 Å². The van der Waals surface area contributed by atoms with Gasteiger partial charge in [0.15, 0.2) is 5.71 Å². The topological polar surface area (TPSA) is 294 Å². The molecule has 0 unspecified atom stereocenters. The third kappa shape index (κ3) is 29.2. The highest BCUT2D eigenvalue weighted by Crippen LogP contribution is 2.18. The van der Waals surface area contributed by atoms with Gasteiger partial charge in [-0.3, -0.25) is 0 Å². The summed E-state index contributed by atoms with van der Waals surface area (Å²) in [5.41, 5.74) is 9.49. The minimum absolute atomic E-state index is 0.0841. The molecular weight excluding hydrogens is 1460 g/mol. The molecule has 0 heterocycles. The van der Waals surface area contributed by atoms with Crippen LogP contribution in [0.15, 0.2) is 382 Å². The number of halogens is 2. The first-order valence-electron chi connectivity index (χ1n) is 33.8. The molecular formula is C88H70Cl2N8O14. The van der Waals surface area contributed by atoms with E-state index < -0.39 is 41.8 Å². The van der Waals surface area contributed by atoms with Crippen LogP contribution in [0.25, 0.3) is 0 Å². The lowest BCUT2D eigenvalue weighted by Gasteiger charge is -2.10. The standard InChI is InChI=1S/C28H20N2O4.C20H15NO2.C18H14Cl2N2O4.C12H13NO2.C10H8N2O2/c31-27(23-17-9-3-10-18-23)33-29-25(21-13-5-1-6-14-21)26(22-15-7-2-8-16-22)30-34-28(32)24-19-11-4-12-20-24;22-20(18-14-8-3-9-15-18)23-21-19(16-10-4-1-5-11-16)17-12-6-2-7-13-17;19-11-15(23)25-21-17(13-7-3-1-4-8-13)18(22-26-16(24)12-20)14-9-5-2-6-10-14;1-9(2)12(14)15-13-10(3)11-7-5-4-6-8-11;1-8(13)14-12-10(7-11)9-5-3-2-4-6-9/h1-20H;1-15H;1-10H,11-12H2;4-8H,1H2,2-3H3;2-6H,1H3/b29-25-,30-26-;;21-17-,22-18-;13-10+;12-10+. The Hall–Kier alpha value is -14.8. The van der Waals surface area contributed by atoms with Gasteiger partial charge in [-0.15, -0.1) is 23.2 Å². The second-order valence-electron chi connectivity index (χ2n) is 22.5. The monoisotopic (exact) mass is 1530 g/mol. The second-order valence-corrected chi connectivity index (χ2v) is 23.1. The van der Waals surface area contributed by atoms with Gasteiger partial charge in [-0.1, -0.05) is 340 Å². The largest absolute Gasteiger partial charge is 0.365 e. The fraction of sp³-hybridized carbons (Fsp3) is 0.0568. The molecule has 0 atom stereocenters. The van der Waals surface area contributed by atoms with Crippen LogP contribution in [-0.4, -0.2) is 93.5 Å². The normalized spacial score (nSPS) is 11.0. The van der Waals surface area contributed by atoms with Crippen LogP contribution in [0.4, 0.5) is 0 Å². The van der Waals surface area contributed by atoms with Gasteiger partial charge >= 0.3 is 41.8 Å². The van der Waals surface area contributed by atoms with Gasteiger partial charge in [-0.2, -0.15) is 5.26 Å². The molecule has 112 heavy (non-hydrogen) atoms. The number of hydrogen-bond donors (Lipinski definition) is 0. The van der Waals surface area contributed by atoms with E-state index in [-0.39, 0.29) is 40.3 Å². The van der Waals surface area contributed by atoms with Crippen LogP contribution in [0.1, 0.15) is 96.4 Å². The van der Waals surface area contributed by atoms with Crippen molar-refractivity contribution in [2.24, 2.45) is 36.1 Å². The quantitative estimate of drug-likeness (QED) is 0.0189. The summed E-state index contributed by atoms with van der Waals surface area (Å²) in [4.78, 5) is 116. The maximum Gasteiger partial charge on any atom is 0.365 e. The zero-order valence-electron chi connectivity index (χ0n) is 60.4. The van der Waals surface area contributed by atoms with Crippen LogP contribution in [-0.2, 0) is 53.0 Å². The van der Waals surface area contributed by atoms with Crippen LogP contribution < -0.4 is 0 Å². The highest BCUT2D eigenvalue weighted by molar-refractivity contribution is 6.54. The number of benzene rings is 11. The SMILES string of the molecule is C=C(C)C(=O)O/N=C(\C)c1ccccc1.CC(=O)O/N=C(\C#N)c1ccccc1.O=C(CCl)O/N=C(\C(=N/OC(=O)CCl)c1ccccc1)c1ccccc1.O=C(O/N=C(\C(=N/OC(=O)c1ccccc1)c1ccccc1)c1ccccc1)c1ccccc1.O=C(ON=C(c1ccccc1)c1ccccc1)c1ccccc1. The van der Waals surface area contributed by atoms with E-state index in [0.29, 0.717) is 61.5 Å². The fourth-order valence-electron chi connectivity index (χ4n) is 8.93. The lowest BCUT2D eigenvalue weighted by Crippen LogP contribution is -2.20. The summed E-state index contributed by atoms with van der Waals surface area (Å²) in [6, 6.07) is 101. The van der Waals surface area contributed by atoms with Crippen molar-refractivity contribution >= 4 is 105 Å². The highest BCUT2D eigenvalue weighted by atomic mass is 35.5. The molecule has 11 aromatic carbocycles. The van der Waals surface area contributed by atoms with Crippen molar-refractivity contribution in [1.29, 1.82) is 5.26 Å². The number of oxime groups is 7. The molecule has 22 nitrogen and oxygen atoms in total. The Bertz CT molecular complexity index is 4930. The van der Waals surface area contributed by atoms with E-state index in [2.05, 4.69) is 52.3 Å². The third-order valence-corrected chi connectivity index (χ3v) is 14.8. The molecule has 0 saturated carbocycles. The maximum absolute atomic E-state index is 12.5. The molecule has 0 fully saturated rings. The van der Waals surface area contributed by atoms with Gasteiger partial charge in [0.05, 0.1) is 22.4 Å². The molecule has 0 N–H and O–H groups in total. The van der Waals surface area contributed by atoms with Crippen LogP contribution >= 0.6 is 23.2 Å². The third-order valence-electron chi connectivity index (χ3n) is 14.3. The Labute approximate surface area is 655 Å². The molecule has 24 heteroatoms. The first-order valence-corrected chi connectivity index (χ1v) is 34.9. The highest BCUT2D eigenvalue weighted by Gasteiger charge is 2.22. The Morgan fingerprint density at radius 3 is 0.795 bits per heavy atom. The molecule has 0 aliphatic heterocycles. The van der Waals surface area contributed by atoms with Gasteiger partial charge in [-0.05, 0) is 55.8 Å². The lowest BCUT2D eigenvalue weighted by atomic mass is 10.00. The van der Waals surface area contributed by atoms with Crippen LogP contribution in [0, 0.1) is 11.3 Å². The van der Waals surface area contributed by atoms with E-state index in [0.717, 1.165) is 16.7 Å². The number of rotatable bonds is 23. The number of hydrogen-bond acceptors (Lipinski definition) is 22. The molecule has 0 aliphatic carbocycles. The smallest absolute Gasteiger partial charge is 0.317 e. The van der Waals surface area contributed by atoms with Gasteiger partial charge < -0.3 is 33.9 Å². The van der Waals surface area contributed by atoms with Gasteiger partial charge in [-0.25, -0.2) is 33.6 Å². The second kappa shape index (κ2) is 47.7. The Morgan fingerprint density at radius 2 is 0.536 bits per heavy atom. The fourth-order valence-corrected chi connectivity index (χ4v) is 9.02. The summed E-state index contributed by atoms with van der Waals surface area (Å²) in [7, 11) is 0. The minimum Gasteiger partial charge on any atom is -0.317 e. The molecule has 0 amide bonds. The van der Waals surface area contributed by atoms with Crippen LogP contribution in [0.3, 0.4) is 0 Å². The molecule has 0 spiro atoms. The van der Waals surface area contributed by atoms with Gasteiger partial charge in [0.25, 0.3) is 0 Å². The summed E-state index contributed by atoms with van der Waals surface area (Å²) in [5, 5.41) is 36.0. The van der Waals surface area contributed by atoms with Crippen molar-refractivity contribution in [1.82, 2.24) is 0 Å². The Morgan fingerprint density at radius 1 is 0.295 bits per heavy atom. The summed E-state index contributed by atoms with van der Waals surface area (Å²) in [5.74, 6) is -4.95. The zero-order valence-corrected chi connectivity index (χ0v) is 61.9. The van der Waals surface area contributed by atoms with Crippen molar-refractivity contribution in [3.05, 3.63) is 407 Å². The summed E-state index contributed by atoms with van der Waals surface area (Å²) >= 11 is 10.9. The number of nitriles is 1. The average Bonchev–Trinajstić information content (AvgIpc) is 0.831. The summed E-state index contributed by atoms with van der Waals surface area (Å²) in [6.45, 7) is 8.05.